The molecule has 0 saturated heterocycles. The number of sulfonamides is 1. The maximum absolute atomic E-state index is 12.6. The van der Waals surface area contributed by atoms with Crippen LogP contribution in [0.3, 0.4) is 0 Å². The third kappa shape index (κ3) is 5.57. The minimum atomic E-state index is -3.71. The van der Waals surface area contributed by atoms with Crippen molar-refractivity contribution in [1.29, 1.82) is 0 Å². The minimum Gasteiger partial charge on any atom is -0.439 e. The van der Waals surface area contributed by atoms with Crippen molar-refractivity contribution in [2.75, 3.05) is 11.3 Å². The molecule has 8 heteroatoms. The Bertz CT molecular complexity index is 1110. The predicted molar refractivity (Wildman–Crippen MR) is 115 cm³/mol. The van der Waals surface area contributed by atoms with Gasteiger partial charge in [0, 0.05) is 24.9 Å². The molecule has 3 aromatic rings. The molecule has 0 fully saturated rings. The first kappa shape index (κ1) is 21.3. The molecule has 0 aliphatic rings. The van der Waals surface area contributed by atoms with Gasteiger partial charge >= 0.3 is 0 Å². The highest BCUT2D eigenvalue weighted by Crippen LogP contribution is 2.24. The predicted octanol–water partition coefficient (Wildman–Crippen LogP) is 4.12. The zero-order chi connectivity index (χ0) is 21.6. The summed E-state index contributed by atoms with van der Waals surface area (Å²) in [6.07, 6.45) is 2.29. The number of pyridine rings is 1. The van der Waals surface area contributed by atoms with Gasteiger partial charge in [0.15, 0.2) is 0 Å². The number of hydrogen-bond acceptors (Lipinski definition) is 5. The van der Waals surface area contributed by atoms with E-state index in [9.17, 15) is 13.2 Å². The highest BCUT2D eigenvalue weighted by Gasteiger charge is 2.14. The molecule has 2 N–H and O–H groups in total. The first-order chi connectivity index (χ1) is 14.4. The summed E-state index contributed by atoms with van der Waals surface area (Å²) in [5, 5.41) is 2.78. The Balaban J connectivity index is 1.70. The first-order valence-corrected chi connectivity index (χ1v) is 11.0. The maximum atomic E-state index is 12.6. The number of benzene rings is 2. The summed E-state index contributed by atoms with van der Waals surface area (Å²) in [7, 11) is -3.71. The van der Waals surface area contributed by atoms with Crippen molar-refractivity contribution in [2.45, 2.75) is 25.2 Å². The van der Waals surface area contributed by atoms with E-state index < -0.39 is 10.0 Å². The molecule has 0 saturated carbocycles. The average Bonchev–Trinajstić information content (AvgIpc) is 2.73. The molecule has 0 atom stereocenters. The monoisotopic (exact) mass is 425 g/mol. The second-order valence-corrected chi connectivity index (χ2v) is 8.37. The summed E-state index contributed by atoms with van der Waals surface area (Å²) >= 11 is 0. The van der Waals surface area contributed by atoms with Crippen molar-refractivity contribution in [3.8, 4) is 11.6 Å². The smallest absolute Gasteiger partial charge is 0.261 e. The fourth-order valence-electron chi connectivity index (χ4n) is 2.59. The van der Waals surface area contributed by atoms with Crippen LogP contribution in [0.25, 0.3) is 0 Å². The number of hydrogen-bond donors (Lipinski definition) is 2. The third-order valence-electron chi connectivity index (χ3n) is 4.17. The largest absolute Gasteiger partial charge is 0.439 e. The van der Waals surface area contributed by atoms with Crippen LogP contribution < -0.4 is 14.8 Å². The maximum Gasteiger partial charge on any atom is 0.261 e. The topological polar surface area (TPSA) is 97.4 Å². The number of rotatable bonds is 8. The molecule has 0 spiro atoms. The molecule has 3 rings (SSSR count). The number of amides is 1. The molecular weight excluding hydrogens is 402 g/mol. The zero-order valence-electron chi connectivity index (χ0n) is 16.8. The van der Waals surface area contributed by atoms with Gasteiger partial charge in [-0.3, -0.25) is 9.52 Å². The highest BCUT2D eigenvalue weighted by atomic mass is 32.2. The molecule has 0 radical (unpaired) electrons. The van der Waals surface area contributed by atoms with E-state index >= 15 is 0 Å². The number of nitrogens with zero attached hydrogens (tertiary/aromatic N) is 1. The Morgan fingerprint density at radius 1 is 1.07 bits per heavy atom. The van der Waals surface area contributed by atoms with E-state index in [2.05, 4.69) is 15.0 Å². The Hall–Kier alpha value is -3.39. The summed E-state index contributed by atoms with van der Waals surface area (Å²) < 4.78 is 33.3. The summed E-state index contributed by atoms with van der Waals surface area (Å²) in [5.74, 6) is 0.513. The van der Waals surface area contributed by atoms with Gasteiger partial charge < -0.3 is 10.1 Å². The normalized spacial score (nSPS) is 11.0. The van der Waals surface area contributed by atoms with Gasteiger partial charge in [0.05, 0.1) is 16.1 Å². The van der Waals surface area contributed by atoms with Crippen molar-refractivity contribution >= 4 is 21.6 Å². The lowest BCUT2D eigenvalue weighted by atomic mass is 10.2. The van der Waals surface area contributed by atoms with Gasteiger partial charge in [-0.25, -0.2) is 13.4 Å². The molecule has 1 amide bonds. The molecule has 1 aromatic heterocycles. The van der Waals surface area contributed by atoms with Crippen LogP contribution in [0.15, 0.2) is 71.8 Å². The molecule has 0 aliphatic heterocycles. The standard InChI is InChI=1S/C22H23N3O4S/c1-3-13-23-22(26)17-9-12-21(24-15-17)29-19-6-4-5-18(14-19)25-30(27,28)20-10-7-16(2)8-11-20/h4-12,14-15,25H,3,13H2,1-2H3,(H,23,26). The molecule has 0 unspecified atom stereocenters. The van der Waals surface area contributed by atoms with Gasteiger partial charge in [-0.1, -0.05) is 30.7 Å². The van der Waals surface area contributed by atoms with Crippen LogP contribution in [0.1, 0.15) is 29.3 Å². The van der Waals surface area contributed by atoms with Gasteiger partial charge in [-0.15, -0.1) is 0 Å². The van der Waals surface area contributed by atoms with Crippen molar-refractivity contribution < 1.29 is 17.9 Å². The quantitative estimate of drug-likeness (QED) is 0.566. The van der Waals surface area contributed by atoms with Crippen LogP contribution >= 0.6 is 0 Å². The van der Waals surface area contributed by atoms with Crippen molar-refractivity contribution in [3.63, 3.8) is 0 Å². The second-order valence-electron chi connectivity index (χ2n) is 6.69. The Morgan fingerprint density at radius 3 is 2.50 bits per heavy atom. The lowest BCUT2D eigenvalue weighted by Gasteiger charge is -2.10. The van der Waals surface area contributed by atoms with E-state index in [1.807, 2.05) is 13.8 Å². The molecule has 7 nitrogen and oxygen atoms in total. The number of carbonyl (C=O) groups is 1. The lowest BCUT2D eigenvalue weighted by Crippen LogP contribution is -2.23. The van der Waals surface area contributed by atoms with E-state index in [0.29, 0.717) is 29.4 Å². The molecular formula is C22H23N3O4S. The number of carbonyl (C=O) groups excluding carboxylic acids is 1. The van der Waals surface area contributed by atoms with Gasteiger partial charge in [-0.05, 0) is 43.7 Å². The van der Waals surface area contributed by atoms with Gasteiger partial charge in [0.2, 0.25) is 5.88 Å². The van der Waals surface area contributed by atoms with Crippen LogP contribution in [-0.2, 0) is 10.0 Å². The lowest BCUT2D eigenvalue weighted by molar-refractivity contribution is 0.0953. The van der Waals surface area contributed by atoms with Crippen LogP contribution in [0.2, 0.25) is 0 Å². The Morgan fingerprint density at radius 2 is 1.83 bits per heavy atom. The van der Waals surface area contributed by atoms with E-state index in [1.54, 1.807) is 60.7 Å². The van der Waals surface area contributed by atoms with Gasteiger partial charge in [-0.2, -0.15) is 0 Å². The Labute approximate surface area is 176 Å². The molecule has 0 aliphatic carbocycles. The van der Waals surface area contributed by atoms with E-state index in [1.165, 1.54) is 6.20 Å². The van der Waals surface area contributed by atoms with Crippen LogP contribution in [-0.4, -0.2) is 25.9 Å². The fraction of sp³-hybridized carbons (Fsp3) is 0.182. The molecule has 156 valence electrons. The molecule has 2 aromatic carbocycles. The number of aryl methyl sites for hydroxylation is 1. The number of anilines is 1. The number of nitrogens with one attached hydrogen (secondary N) is 2. The second kappa shape index (κ2) is 9.41. The Kier molecular flexibility index (Phi) is 6.68. The third-order valence-corrected chi connectivity index (χ3v) is 5.57. The van der Waals surface area contributed by atoms with Crippen molar-refractivity contribution in [3.05, 3.63) is 78.0 Å². The SMILES string of the molecule is CCCNC(=O)c1ccc(Oc2cccc(NS(=O)(=O)c3ccc(C)cc3)c2)nc1. The van der Waals surface area contributed by atoms with Crippen LogP contribution in [0.5, 0.6) is 11.6 Å². The van der Waals surface area contributed by atoms with Gasteiger partial charge in [0.1, 0.15) is 5.75 Å². The van der Waals surface area contributed by atoms with E-state index in [-0.39, 0.29) is 10.8 Å². The van der Waals surface area contributed by atoms with Gasteiger partial charge in [0.25, 0.3) is 15.9 Å². The zero-order valence-corrected chi connectivity index (χ0v) is 17.6. The highest BCUT2D eigenvalue weighted by molar-refractivity contribution is 7.92. The fourth-order valence-corrected chi connectivity index (χ4v) is 3.64. The van der Waals surface area contributed by atoms with Crippen molar-refractivity contribution in [1.82, 2.24) is 10.3 Å². The summed E-state index contributed by atoms with van der Waals surface area (Å²) in [4.78, 5) is 16.2. The van der Waals surface area contributed by atoms with Crippen LogP contribution in [0.4, 0.5) is 5.69 Å². The average molecular weight is 426 g/mol. The molecule has 0 bridgehead atoms. The summed E-state index contributed by atoms with van der Waals surface area (Å²) in [6, 6.07) is 16.4. The summed E-state index contributed by atoms with van der Waals surface area (Å²) in [5.41, 5.74) is 1.78. The number of aromatic nitrogens is 1. The molecule has 30 heavy (non-hydrogen) atoms. The van der Waals surface area contributed by atoms with Crippen LogP contribution in [0, 0.1) is 6.92 Å². The van der Waals surface area contributed by atoms with E-state index in [4.69, 9.17) is 4.74 Å². The minimum absolute atomic E-state index is 0.179. The molecule has 1 heterocycles. The first-order valence-electron chi connectivity index (χ1n) is 9.49. The summed E-state index contributed by atoms with van der Waals surface area (Å²) in [6.45, 7) is 4.47. The number of ether oxygens (including phenoxy) is 1. The van der Waals surface area contributed by atoms with Crippen molar-refractivity contribution in [2.24, 2.45) is 0 Å². The van der Waals surface area contributed by atoms with E-state index in [0.717, 1.165) is 12.0 Å².